The Morgan fingerprint density at radius 2 is 2.31 bits per heavy atom. The first-order valence-corrected chi connectivity index (χ1v) is 3.63. The highest BCUT2D eigenvalue weighted by molar-refractivity contribution is 5.91. The lowest BCUT2D eigenvalue weighted by Gasteiger charge is -1.85. The summed E-state index contributed by atoms with van der Waals surface area (Å²) in [6.07, 6.45) is 4.10. The summed E-state index contributed by atoms with van der Waals surface area (Å²) in [5.41, 5.74) is 0. The average molecular weight is 178 g/mol. The quantitative estimate of drug-likeness (QED) is 0.652. The van der Waals surface area contributed by atoms with Gasteiger partial charge in [0.1, 0.15) is 0 Å². The molecule has 0 spiro atoms. The lowest BCUT2D eigenvalue weighted by atomic mass is 10.4. The van der Waals surface area contributed by atoms with Crippen LogP contribution in [-0.4, -0.2) is 15.8 Å². The summed E-state index contributed by atoms with van der Waals surface area (Å²) in [6, 6.07) is 0. The van der Waals surface area contributed by atoms with Crippen LogP contribution in [-0.2, 0) is 0 Å². The van der Waals surface area contributed by atoms with Crippen LogP contribution in [0.15, 0.2) is 27.6 Å². The van der Waals surface area contributed by atoms with Crippen LogP contribution >= 0.6 is 0 Å². The van der Waals surface area contributed by atoms with Gasteiger partial charge in [0.2, 0.25) is 5.76 Å². The van der Waals surface area contributed by atoms with Crippen molar-refractivity contribution < 1.29 is 13.6 Å². The van der Waals surface area contributed by atoms with Crippen LogP contribution in [0.4, 0.5) is 0 Å². The van der Waals surface area contributed by atoms with Gasteiger partial charge in [-0.2, -0.15) is 0 Å². The third-order valence-electron chi connectivity index (χ3n) is 1.50. The molecule has 0 aliphatic rings. The molecule has 13 heavy (non-hydrogen) atoms. The van der Waals surface area contributed by atoms with E-state index >= 15 is 0 Å². The average Bonchev–Trinajstić information content (AvgIpc) is 2.75. The van der Waals surface area contributed by atoms with Crippen LogP contribution in [0, 0.1) is 0 Å². The van der Waals surface area contributed by atoms with Crippen LogP contribution in [0.5, 0.6) is 0 Å². The highest BCUT2D eigenvalue weighted by Crippen LogP contribution is 2.17. The Kier molecular flexibility index (Phi) is 1.70. The maximum Gasteiger partial charge on any atom is 0.265 e. The summed E-state index contributed by atoms with van der Waals surface area (Å²) < 4.78 is 10.0. The van der Waals surface area contributed by atoms with Gasteiger partial charge in [0.05, 0.1) is 12.4 Å². The first-order chi connectivity index (χ1) is 6.27. The minimum absolute atomic E-state index is 0.168. The second kappa shape index (κ2) is 2.85. The zero-order valence-electron chi connectivity index (χ0n) is 6.85. The second-order valence-electron chi connectivity index (χ2n) is 2.45. The van der Waals surface area contributed by atoms with E-state index in [1.54, 1.807) is 0 Å². The molecule has 0 aliphatic heterocycles. The molecule has 5 nitrogen and oxygen atoms in total. The smallest absolute Gasteiger partial charge is 0.265 e. The van der Waals surface area contributed by atoms with Crippen LogP contribution in [0.25, 0.3) is 11.7 Å². The Hall–Kier alpha value is -1.91. The summed E-state index contributed by atoms with van der Waals surface area (Å²) in [6.45, 7) is 1.41. The van der Waals surface area contributed by atoms with Crippen molar-refractivity contribution in [3.63, 3.8) is 0 Å². The molecule has 0 saturated carbocycles. The zero-order chi connectivity index (χ0) is 9.26. The van der Waals surface area contributed by atoms with Gasteiger partial charge in [-0.25, -0.2) is 9.97 Å². The van der Waals surface area contributed by atoms with Gasteiger partial charge < -0.3 is 8.83 Å². The van der Waals surface area contributed by atoms with Gasteiger partial charge in [-0.15, -0.1) is 0 Å². The van der Waals surface area contributed by atoms with Crippen molar-refractivity contribution in [2.24, 2.45) is 0 Å². The molecule has 0 aromatic carbocycles. The number of hydrogen-bond donors (Lipinski definition) is 0. The van der Waals surface area contributed by atoms with E-state index in [1.165, 1.54) is 25.7 Å². The number of carbonyl (C=O) groups is 1. The standard InChI is InChI=1S/C8H6N2O3/c1-5(11)6-3-10-8(13-6)7-2-9-4-12-7/h2-4H,1H3. The van der Waals surface area contributed by atoms with Gasteiger partial charge in [0.25, 0.3) is 5.89 Å². The first kappa shape index (κ1) is 7.72. The molecule has 0 bridgehead atoms. The molecule has 0 atom stereocenters. The lowest BCUT2D eigenvalue weighted by Crippen LogP contribution is -1.85. The molecule has 0 fully saturated rings. The summed E-state index contributed by atoms with van der Waals surface area (Å²) in [4.78, 5) is 18.4. The summed E-state index contributed by atoms with van der Waals surface area (Å²) in [5, 5.41) is 0. The van der Waals surface area contributed by atoms with Gasteiger partial charge in [-0.1, -0.05) is 0 Å². The van der Waals surface area contributed by atoms with E-state index in [0.717, 1.165) is 0 Å². The number of rotatable bonds is 2. The molecule has 66 valence electrons. The maximum absolute atomic E-state index is 10.8. The fourth-order valence-electron chi connectivity index (χ4n) is 0.872. The number of nitrogens with zero attached hydrogens (tertiary/aromatic N) is 2. The molecule has 0 saturated heterocycles. The zero-order valence-corrected chi connectivity index (χ0v) is 6.85. The Morgan fingerprint density at radius 3 is 2.85 bits per heavy atom. The highest BCUT2D eigenvalue weighted by Gasteiger charge is 2.11. The summed E-state index contributed by atoms with van der Waals surface area (Å²) in [5.74, 6) is 0.722. The van der Waals surface area contributed by atoms with Crippen LogP contribution in [0.1, 0.15) is 17.5 Å². The van der Waals surface area contributed by atoms with Crippen molar-refractivity contribution in [3.8, 4) is 11.7 Å². The van der Waals surface area contributed by atoms with Crippen LogP contribution in [0.3, 0.4) is 0 Å². The molecule has 2 aromatic heterocycles. The van der Waals surface area contributed by atoms with Gasteiger partial charge >= 0.3 is 0 Å². The minimum Gasteiger partial charge on any atom is -0.438 e. The van der Waals surface area contributed by atoms with E-state index in [1.807, 2.05) is 0 Å². The van der Waals surface area contributed by atoms with Gasteiger partial charge in [-0.3, -0.25) is 4.79 Å². The van der Waals surface area contributed by atoms with Gasteiger partial charge in [0, 0.05) is 6.92 Å². The number of ketones is 1. The van der Waals surface area contributed by atoms with E-state index in [4.69, 9.17) is 8.83 Å². The van der Waals surface area contributed by atoms with Crippen LogP contribution in [0.2, 0.25) is 0 Å². The third kappa shape index (κ3) is 1.35. The largest absolute Gasteiger partial charge is 0.438 e. The van der Waals surface area contributed by atoms with Crippen molar-refractivity contribution in [2.75, 3.05) is 0 Å². The normalized spacial score (nSPS) is 10.2. The molecule has 2 rings (SSSR count). The predicted molar refractivity (Wildman–Crippen MR) is 42.0 cm³/mol. The lowest BCUT2D eigenvalue weighted by molar-refractivity contribution is 0.0988. The fourth-order valence-corrected chi connectivity index (χ4v) is 0.872. The molecule has 0 N–H and O–H groups in total. The predicted octanol–water partition coefficient (Wildman–Crippen LogP) is 1.53. The van der Waals surface area contributed by atoms with Crippen molar-refractivity contribution in [3.05, 3.63) is 24.5 Å². The van der Waals surface area contributed by atoms with Crippen LogP contribution < -0.4 is 0 Å². The molecular formula is C8H6N2O3. The number of Topliss-reactive ketones (excluding diaryl/α,β-unsaturated/α-hetero) is 1. The Labute approximate surface area is 73.4 Å². The molecular weight excluding hydrogens is 172 g/mol. The molecule has 0 aliphatic carbocycles. The molecule has 0 radical (unpaired) electrons. The summed E-state index contributed by atoms with van der Waals surface area (Å²) in [7, 11) is 0. The van der Waals surface area contributed by atoms with E-state index < -0.39 is 0 Å². The number of carbonyl (C=O) groups excluding carboxylic acids is 1. The van der Waals surface area contributed by atoms with Gasteiger partial charge in [-0.05, 0) is 0 Å². The Morgan fingerprint density at radius 1 is 1.46 bits per heavy atom. The topological polar surface area (TPSA) is 69.1 Å². The van der Waals surface area contributed by atoms with E-state index in [9.17, 15) is 4.79 Å². The van der Waals surface area contributed by atoms with E-state index in [0.29, 0.717) is 5.76 Å². The molecule has 2 heterocycles. The highest BCUT2D eigenvalue weighted by atomic mass is 16.4. The first-order valence-electron chi connectivity index (χ1n) is 3.63. The molecule has 0 amide bonds. The third-order valence-corrected chi connectivity index (χ3v) is 1.50. The number of aromatic nitrogens is 2. The van der Waals surface area contributed by atoms with Gasteiger partial charge in [0.15, 0.2) is 17.9 Å². The van der Waals surface area contributed by atoms with E-state index in [-0.39, 0.29) is 17.4 Å². The van der Waals surface area contributed by atoms with E-state index in [2.05, 4.69) is 9.97 Å². The van der Waals surface area contributed by atoms with Crippen molar-refractivity contribution in [2.45, 2.75) is 6.92 Å². The fraction of sp³-hybridized carbons (Fsp3) is 0.125. The van der Waals surface area contributed by atoms with Crippen molar-refractivity contribution in [1.29, 1.82) is 0 Å². The Balaban J connectivity index is 2.39. The number of hydrogen-bond acceptors (Lipinski definition) is 5. The number of oxazole rings is 2. The SMILES string of the molecule is CC(=O)c1cnc(-c2cnco2)o1. The van der Waals surface area contributed by atoms with Crippen molar-refractivity contribution in [1.82, 2.24) is 9.97 Å². The second-order valence-corrected chi connectivity index (χ2v) is 2.45. The molecule has 0 unspecified atom stereocenters. The summed E-state index contributed by atoms with van der Waals surface area (Å²) >= 11 is 0. The molecule has 2 aromatic rings. The monoisotopic (exact) mass is 178 g/mol. The molecule has 5 heteroatoms. The van der Waals surface area contributed by atoms with Crippen molar-refractivity contribution >= 4 is 5.78 Å². The minimum atomic E-state index is -0.168. The Bertz CT molecular complexity index is 416. The maximum atomic E-state index is 10.8.